The van der Waals surface area contributed by atoms with Gasteiger partial charge in [0.15, 0.2) is 5.96 Å². The second-order valence-electron chi connectivity index (χ2n) is 3.53. The number of hydrogen-bond donors (Lipinski definition) is 5. The van der Waals surface area contributed by atoms with Crippen LogP contribution in [0.4, 0.5) is 5.69 Å². The van der Waals surface area contributed by atoms with Gasteiger partial charge in [0.25, 0.3) is 0 Å². The highest BCUT2D eigenvalue weighted by Gasteiger charge is 1.97. The Kier molecular flexibility index (Phi) is 12.1. The van der Waals surface area contributed by atoms with Crippen molar-refractivity contribution in [2.75, 3.05) is 12.5 Å². The molecular weight excluding hydrogens is 274 g/mol. The van der Waals surface area contributed by atoms with E-state index in [1.807, 2.05) is 5.48 Å². The van der Waals surface area contributed by atoms with E-state index >= 15 is 0 Å². The lowest BCUT2D eigenvalue weighted by Crippen LogP contribution is -2.36. The minimum Gasteiger partial charge on any atom is -0.412 e. The van der Waals surface area contributed by atoms with Crippen LogP contribution in [0.2, 0.25) is 0 Å². The van der Waals surface area contributed by atoms with Crippen molar-refractivity contribution in [3.05, 3.63) is 42.5 Å². The third-order valence-electron chi connectivity index (χ3n) is 2.02. The standard InChI is InChI=1S/C7H8N2O.C6H11N3O.H2O.2H2/c8-5-6-2-1-3-7(4-6)9-10;1-3-4-5(10)9-6(7)8-2;;;/h1-5,8-10H;3H,1,4H2,2H3,(H3,7,8,9,10);1H2;2*1H. The van der Waals surface area contributed by atoms with E-state index in [0.717, 1.165) is 5.56 Å². The SMILES string of the molecule is C=CCC(=O)NC(N)=NC.N=Cc1cccc(NO)c1.O.[HH].[HH]. The summed E-state index contributed by atoms with van der Waals surface area (Å²) in [6.45, 7) is 3.39. The first-order valence-corrected chi connectivity index (χ1v) is 5.71. The van der Waals surface area contributed by atoms with Crippen LogP contribution < -0.4 is 16.5 Å². The minimum atomic E-state index is -0.196. The number of amides is 1. The fourth-order valence-corrected chi connectivity index (χ4v) is 1.08. The lowest BCUT2D eigenvalue weighted by Gasteiger charge is -1.98. The van der Waals surface area contributed by atoms with Crippen LogP contribution in [0, 0.1) is 5.41 Å². The summed E-state index contributed by atoms with van der Waals surface area (Å²) >= 11 is 0. The fourth-order valence-electron chi connectivity index (χ4n) is 1.08. The zero-order chi connectivity index (χ0) is 15.4. The molecule has 0 unspecified atom stereocenters. The van der Waals surface area contributed by atoms with E-state index < -0.39 is 0 Å². The maximum atomic E-state index is 10.7. The second-order valence-corrected chi connectivity index (χ2v) is 3.53. The first kappa shape index (κ1) is 20.6. The van der Waals surface area contributed by atoms with E-state index in [-0.39, 0.29) is 26.6 Å². The number of aliphatic imine (C=N–C) groups is 1. The molecule has 1 amide bonds. The molecule has 8 heteroatoms. The summed E-state index contributed by atoms with van der Waals surface area (Å²) in [5.74, 6) is -0.0649. The van der Waals surface area contributed by atoms with Crippen LogP contribution in [0.15, 0.2) is 41.9 Å². The number of hydrogen-bond acceptors (Lipinski definition) is 5. The number of nitrogens with zero attached hydrogens (tertiary/aromatic N) is 1. The van der Waals surface area contributed by atoms with Crippen LogP contribution in [0.5, 0.6) is 0 Å². The summed E-state index contributed by atoms with van der Waals surface area (Å²) in [5.41, 5.74) is 8.55. The number of anilines is 1. The molecule has 0 aromatic heterocycles. The molecule has 0 heterocycles. The molecule has 0 aliphatic rings. The molecule has 1 aromatic carbocycles. The maximum Gasteiger partial charge on any atom is 0.230 e. The Hall–Kier alpha value is -2.71. The molecule has 0 bridgehead atoms. The van der Waals surface area contributed by atoms with Crippen LogP contribution in [0.3, 0.4) is 0 Å². The Bertz CT molecular complexity index is 498. The molecule has 21 heavy (non-hydrogen) atoms. The molecule has 8 nitrogen and oxygen atoms in total. The van der Waals surface area contributed by atoms with Crippen molar-refractivity contribution in [2.24, 2.45) is 10.7 Å². The zero-order valence-electron chi connectivity index (χ0n) is 11.8. The largest absolute Gasteiger partial charge is 0.412 e. The van der Waals surface area contributed by atoms with Crippen molar-refractivity contribution in [2.45, 2.75) is 6.42 Å². The van der Waals surface area contributed by atoms with Gasteiger partial charge in [0, 0.05) is 22.5 Å². The highest BCUT2D eigenvalue weighted by atomic mass is 16.5. The summed E-state index contributed by atoms with van der Waals surface area (Å²) in [4.78, 5) is 14.2. The second kappa shape index (κ2) is 12.3. The van der Waals surface area contributed by atoms with Gasteiger partial charge < -0.3 is 16.6 Å². The third kappa shape index (κ3) is 9.82. The molecule has 1 aromatic rings. The van der Waals surface area contributed by atoms with Gasteiger partial charge in [0.1, 0.15) is 0 Å². The van der Waals surface area contributed by atoms with Crippen molar-refractivity contribution >= 4 is 23.8 Å². The number of nitrogens with one attached hydrogen (secondary N) is 3. The molecular formula is C13H25N5O3. The van der Waals surface area contributed by atoms with Gasteiger partial charge in [-0.25, -0.2) is 0 Å². The number of nitrogens with two attached hydrogens (primary N) is 1. The average molecular weight is 299 g/mol. The van der Waals surface area contributed by atoms with Crippen LogP contribution in [0.25, 0.3) is 0 Å². The van der Waals surface area contributed by atoms with E-state index in [9.17, 15) is 4.79 Å². The summed E-state index contributed by atoms with van der Waals surface area (Å²) in [6.07, 6.45) is 2.98. The lowest BCUT2D eigenvalue weighted by atomic mass is 10.2. The van der Waals surface area contributed by atoms with Gasteiger partial charge in [0.2, 0.25) is 5.91 Å². The topological polar surface area (TPSA) is 155 Å². The lowest BCUT2D eigenvalue weighted by molar-refractivity contribution is -0.118. The highest BCUT2D eigenvalue weighted by molar-refractivity contribution is 5.96. The zero-order valence-corrected chi connectivity index (χ0v) is 11.8. The monoisotopic (exact) mass is 299 g/mol. The Labute approximate surface area is 126 Å². The summed E-state index contributed by atoms with van der Waals surface area (Å²) < 4.78 is 0. The minimum absolute atomic E-state index is 0. The van der Waals surface area contributed by atoms with Gasteiger partial charge in [-0.15, -0.1) is 6.58 Å². The number of carbonyl (C=O) groups is 1. The Morgan fingerprint density at radius 2 is 2.29 bits per heavy atom. The first-order chi connectivity index (χ1) is 9.57. The molecule has 0 saturated heterocycles. The first-order valence-electron chi connectivity index (χ1n) is 5.71. The number of guanidine groups is 1. The molecule has 1 rings (SSSR count). The van der Waals surface area contributed by atoms with Crippen LogP contribution >= 0.6 is 0 Å². The van der Waals surface area contributed by atoms with Gasteiger partial charge >= 0.3 is 0 Å². The molecule has 120 valence electrons. The van der Waals surface area contributed by atoms with E-state index in [1.165, 1.54) is 19.3 Å². The van der Waals surface area contributed by atoms with E-state index in [0.29, 0.717) is 5.69 Å². The Balaban J connectivity index is -0.000000139. The molecule has 8 N–H and O–H groups in total. The molecule has 0 fully saturated rings. The number of rotatable bonds is 4. The van der Waals surface area contributed by atoms with Crippen LogP contribution in [-0.4, -0.2) is 35.8 Å². The van der Waals surface area contributed by atoms with Crippen molar-refractivity contribution in [3.63, 3.8) is 0 Å². The molecule has 0 spiro atoms. The van der Waals surface area contributed by atoms with E-state index in [2.05, 4.69) is 16.9 Å². The fraction of sp³-hybridized carbons (Fsp3) is 0.154. The van der Waals surface area contributed by atoms with Gasteiger partial charge in [-0.3, -0.25) is 25.8 Å². The normalized spacial score (nSPS) is 9.33. The van der Waals surface area contributed by atoms with Crippen molar-refractivity contribution in [3.8, 4) is 0 Å². The average Bonchev–Trinajstić information content (AvgIpc) is 2.48. The van der Waals surface area contributed by atoms with Crippen molar-refractivity contribution < 1.29 is 18.3 Å². The van der Waals surface area contributed by atoms with E-state index in [1.54, 1.807) is 24.3 Å². The molecule has 0 aliphatic heterocycles. The summed E-state index contributed by atoms with van der Waals surface area (Å²) in [5, 5.41) is 17.7. The van der Waals surface area contributed by atoms with Gasteiger partial charge in [-0.1, -0.05) is 18.2 Å². The predicted octanol–water partition coefficient (Wildman–Crippen LogP) is 0.776. The van der Waals surface area contributed by atoms with Crippen LogP contribution in [0.1, 0.15) is 14.8 Å². The molecule has 0 radical (unpaired) electrons. The summed E-state index contributed by atoms with van der Waals surface area (Å²) in [6, 6.07) is 6.94. The molecule has 0 atom stereocenters. The third-order valence-corrected chi connectivity index (χ3v) is 2.02. The van der Waals surface area contributed by atoms with Gasteiger partial charge in [-0.05, 0) is 17.7 Å². The molecule has 0 saturated carbocycles. The van der Waals surface area contributed by atoms with Crippen molar-refractivity contribution in [1.82, 2.24) is 5.32 Å². The summed E-state index contributed by atoms with van der Waals surface area (Å²) in [7, 11) is 1.50. The predicted molar refractivity (Wildman–Crippen MR) is 88.1 cm³/mol. The van der Waals surface area contributed by atoms with Crippen molar-refractivity contribution in [1.29, 1.82) is 5.41 Å². The van der Waals surface area contributed by atoms with Gasteiger partial charge in [0.05, 0.1) is 5.69 Å². The van der Waals surface area contributed by atoms with Crippen LogP contribution in [-0.2, 0) is 4.79 Å². The Morgan fingerprint density at radius 3 is 2.76 bits per heavy atom. The van der Waals surface area contributed by atoms with E-state index in [4.69, 9.17) is 16.4 Å². The number of carbonyl (C=O) groups excluding carboxylic acids is 1. The number of benzene rings is 1. The Morgan fingerprint density at radius 1 is 1.62 bits per heavy atom. The highest BCUT2D eigenvalue weighted by Crippen LogP contribution is 2.06. The maximum absolute atomic E-state index is 10.7. The van der Waals surface area contributed by atoms with Gasteiger partial charge in [-0.2, -0.15) is 0 Å². The smallest absolute Gasteiger partial charge is 0.230 e. The quantitative estimate of drug-likeness (QED) is 0.241. The molecule has 0 aliphatic carbocycles.